The molecule has 0 atom stereocenters. The maximum absolute atomic E-state index is 10.7. The summed E-state index contributed by atoms with van der Waals surface area (Å²) in [7, 11) is -10.6. The molecule has 23 heteroatoms. The molecule has 5 aromatic carbocycles. The normalized spacial score (nSPS) is 11.0. The van der Waals surface area contributed by atoms with E-state index in [4.69, 9.17) is 41.9 Å². The van der Waals surface area contributed by atoms with Crippen LogP contribution in [0.1, 0.15) is 32.1 Å². The van der Waals surface area contributed by atoms with Crippen LogP contribution in [-0.2, 0) is 72.6 Å². The minimum absolute atomic E-state index is 0. The third-order valence-corrected chi connectivity index (χ3v) is 13.9. The zero-order chi connectivity index (χ0) is 50.0. The summed E-state index contributed by atoms with van der Waals surface area (Å²) in [5.74, 6) is 0. The van der Waals surface area contributed by atoms with E-state index in [0.29, 0.717) is 0 Å². The number of nitrogens with zero attached hydrogens (tertiary/aromatic N) is 5. The van der Waals surface area contributed by atoms with Gasteiger partial charge >= 0.3 is 63.4 Å². The van der Waals surface area contributed by atoms with Crippen LogP contribution in [0.25, 0.3) is 26.6 Å². The van der Waals surface area contributed by atoms with Crippen molar-refractivity contribution in [3.05, 3.63) is 178 Å². The van der Waals surface area contributed by atoms with Crippen LogP contribution in [0.5, 0.6) is 0 Å². The molecule has 0 saturated carbocycles. The standard InChI is InChI=1S/C27H33N3P.C18H22N2P.2CHF3O3S.2Zr/c1-4-13-25(14-5-1)28-19-10-22-31(23-11-20-29-26-15-6-2-7-16-26)24-12-21-30-27-17-8-3-9-18-27;1-3-9-17(10-4-1)19-13-7-15-21-16-8-14-20-18-11-5-2-6-12-18;2*2-1(3,4)8(5,6)7;;/h1-9,13-18H,10-12,19-24H2;1-6,9-12H,7-8,13-16H2;2*(H,5,6,7);;/q2*-3;;;2*+4/p-2. The van der Waals surface area contributed by atoms with Gasteiger partial charge in [0.05, 0.1) is 0 Å². The first kappa shape index (κ1) is 67.1. The molecule has 0 aliphatic heterocycles. The Kier molecular flexibility index (Phi) is 37.1. The predicted molar refractivity (Wildman–Crippen MR) is 264 cm³/mol. The van der Waals surface area contributed by atoms with Gasteiger partial charge in [0.25, 0.3) is 0 Å². The van der Waals surface area contributed by atoms with Gasteiger partial charge in [-0.1, -0.05) is 184 Å². The number of hydrogen-bond donors (Lipinski definition) is 0. The minimum atomic E-state index is -6.09. The molecular weight excluding hydrogens is 1150 g/mol. The van der Waals surface area contributed by atoms with Crippen LogP contribution in [0.4, 0.5) is 54.8 Å². The Balaban J connectivity index is 0.00000105. The average Bonchev–Trinajstić information content (AvgIpc) is 3.31. The Morgan fingerprint density at radius 3 is 0.757 bits per heavy atom. The molecule has 0 amide bonds. The topological polar surface area (TPSA) is 185 Å². The Morgan fingerprint density at radius 2 is 0.571 bits per heavy atom. The first-order chi connectivity index (χ1) is 32.3. The molecule has 11 nitrogen and oxygen atoms in total. The third kappa shape index (κ3) is 34.5. The SMILES string of the molecule is O=S(=O)([O-])C(F)(F)F.O=S(=O)([O-])C(F)(F)F.[Zr+4].[Zr+4].c1ccc([N-]CCCP(CCC[N-]c2ccccc2)CCC[N-]c2ccccc2)cc1.c1ccc([N-]CCC[P-]CCC[N-]c2ccccc2)cc1. The number of para-hydroxylation sites is 5. The van der Waals surface area contributed by atoms with E-state index < -0.39 is 31.3 Å². The first-order valence-electron chi connectivity index (χ1n) is 21.4. The van der Waals surface area contributed by atoms with Gasteiger partial charge in [-0.25, -0.2) is 16.8 Å². The smallest absolute Gasteiger partial charge is 0.741 e. The first-order valence-corrected chi connectivity index (χ1v) is 27.4. The predicted octanol–water partition coefficient (Wildman–Crippen LogP) is 15.0. The van der Waals surface area contributed by atoms with Crippen LogP contribution in [0.15, 0.2) is 152 Å². The Bertz CT molecular complexity index is 2040. The van der Waals surface area contributed by atoms with Crippen molar-refractivity contribution in [1.29, 1.82) is 0 Å². The molecule has 0 aromatic heterocycles. The van der Waals surface area contributed by atoms with Crippen molar-refractivity contribution in [2.45, 2.75) is 43.1 Å². The molecule has 0 bridgehead atoms. The molecule has 0 N–H and O–H groups in total. The van der Waals surface area contributed by atoms with Gasteiger partial charge in [0, 0.05) is 0 Å². The van der Waals surface area contributed by atoms with Crippen molar-refractivity contribution in [2.24, 2.45) is 0 Å². The summed E-state index contributed by atoms with van der Waals surface area (Å²) in [6, 6.07) is 51.4. The average molecular weight is 1210 g/mol. The zero-order valence-corrected chi connectivity index (χ0v) is 46.5. The summed E-state index contributed by atoms with van der Waals surface area (Å²) < 4.78 is 118. The van der Waals surface area contributed by atoms with E-state index in [1.807, 2.05) is 54.6 Å². The van der Waals surface area contributed by atoms with Gasteiger partial charge in [0.2, 0.25) is 0 Å². The van der Waals surface area contributed by atoms with Crippen molar-refractivity contribution in [3.8, 4) is 0 Å². The van der Waals surface area contributed by atoms with Gasteiger partial charge in [-0.2, -0.15) is 38.7 Å². The number of benzene rings is 5. The zero-order valence-electron chi connectivity index (χ0n) is 38.2. The van der Waals surface area contributed by atoms with Gasteiger partial charge in [-0.05, 0) is 18.5 Å². The molecule has 70 heavy (non-hydrogen) atoms. The van der Waals surface area contributed by atoms with Crippen LogP contribution in [0, 0.1) is 0 Å². The molecule has 0 radical (unpaired) electrons. The molecule has 0 heterocycles. The van der Waals surface area contributed by atoms with Crippen molar-refractivity contribution in [2.75, 3.05) is 63.5 Å². The van der Waals surface area contributed by atoms with E-state index in [1.165, 1.54) is 71.5 Å². The van der Waals surface area contributed by atoms with E-state index in [0.717, 1.165) is 61.2 Å². The fourth-order valence-corrected chi connectivity index (χ4v) is 8.79. The molecule has 5 rings (SSSR count). The maximum Gasteiger partial charge on any atom is 4.00 e. The summed E-state index contributed by atoms with van der Waals surface area (Å²) in [5.41, 5.74) is -5.83. The van der Waals surface area contributed by atoms with E-state index in [9.17, 15) is 26.3 Å². The molecule has 376 valence electrons. The Morgan fingerprint density at radius 1 is 0.386 bits per heavy atom. The Labute approximate surface area is 451 Å². The molecule has 0 unspecified atom stereocenters. The fourth-order valence-electron chi connectivity index (χ4n) is 5.40. The van der Waals surface area contributed by atoms with Crippen molar-refractivity contribution < 1.29 is 105 Å². The molecule has 0 spiro atoms. The van der Waals surface area contributed by atoms with Gasteiger partial charge in [-0.3, -0.25) is 0 Å². The van der Waals surface area contributed by atoms with Gasteiger partial charge in [-0.15, -0.1) is 69.1 Å². The van der Waals surface area contributed by atoms with Crippen molar-refractivity contribution in [1.82, 2.24) is 0 Å². The third-order valence-electron chi connectivity index (χ3n) is 8.67. The van der Waals surface area contributed by atoms with E-state index in [1.54, 1.807) is 0 Å². The number of halogens is 6. The molecule has 0 aliphatic rings. The van der Waals surface area contributed by atoms with Crippen LogP contribution in [-0.4, -0.2) is 100 Å². The van der Waals surface area contributed by atoms with Crippen molar-refractivity contribution >= 4 is 65.2 Å². The van der Waals surface area contributed by atoms with Gasteiger partial charge in [0.1, 0.15) is 0 Å². The number of hydrogen-bond acceptors (Lipinski definition) is 6. The van der Waals surface area contributed by atoms with Crippen LogP contribution in [0.2, 0.25) is 0 Å². The molecule has 0 aliphatic carbocycles. The second kappa shape index (κ2) is 38.7. The second-order valence-electron chi connectivity index (χ2n) is 14.2. The minimum Gasteiger partial charge on any atom is -0.741 e. The van der Waals surface area contributed by atoms with E-state index >= 15 is 0 Å². The summed E-state index contributed by atoms with van der Waals surface area (Å²) in [6.45, 7) is 4.64. The number of rotatable bonds is 25. The summed E-state index contributed by atoms with van der Waals surface area (Å²) in [4.78, 5) is 0. The van der Waals surface area contributed by atoms with E-state index in [2.05, 4.69) is 108 Å². The van der Waals surface area contributed by atoms with Crippen molar-refractivity contribution in [3.63, 3.8) is 0 Å². The number of alkyl halides is 6. The van der Waals surface area contributed by atoms with Gasteiger partial charge < -0.3 is 44.3 Å². The van der Waals surface area contributed by atoms with Gasteiger partial charge in [0.15, 0.2) is 20.2 Å². The van der Waals surface area contributed by atoms with E-state index in [-0.39, 0.29) is 60.3 Å². The fraction of sp³-hybridized carbons (Fsp3) is 0.362. The summed E-state index contributed by atoms with van der Waals surface area (Å²) in [6.07, 6.45) is 12.2. The van der Waals surface area contributed by atoms with Crippen LogP contribution in [0.3, 0.4) is 0 Å². The monoisotopic (exact) mass is 1210 g/mol. The van der Waals surface area contributed by atoms with Crippen LogP contribution >= 0.6 is 16.5 Å². The summed E-state index contributed by atoms with van der Waals surface area (Å²) in [5, 5.41) is 23.3. The molecule has 0 fully saturated rings. The molecular formula is C47H55F6N5O6P2S2Zr2. The quantitative estimate of drug-likeness (QED) is 0.0184. The van der Waals surface area contributed by atoms with Crippen LogP contribution < -0.4 is 0 Å². The Hall–Kier alpha value is -2.87. The molecule has 0 saturated heterocycles. The maximum atomic E-state index is 10.7. The largest absolute Gasteiger partial charge is 4.00 e. The molecule has 5 aromatic rings. The second-order valence-corrected chi connectivity index (χ2v) is 20.9. The summed E-state index contributed by atoms with van der Waals surface area (Å²) >= 11 is 0.